The Kier molecular flexibility index (Phi) is 6.97. The average Bonchev–Trinajstić information content (AvgIpc) is 2.27. The van der Waals surface area contributed by atoms with Gasteiger partial charge in [0.25, 0.3) is 0 Å². The molecule has 0 aliphatic heterocycles. The second-order valence-corrected chi connectivity index (χ2v) is 2.91. The Morgan fingerprint density at radius 3 is 2.47 bits per heavy atom. The third-order valence-corrected chi connectivity index (χ3v) is 1.76. The van der Waals surface area contributed by atoms with Crippen LogP contribution in [0.1, 0.15) is 13.3 Å². The first-order valence-electron chi connectivity index (χ1n) is 4.84. The molecule has 4 heteroatoms. The Balaban J connectivity index is 4.54. The number of nitrogens with one attached hydrogen (secondary N) is 1. The van der Waals surface area contributed by atoms with Gasteiger partial charge < -0.3 is 20.5 Å². The highest BCUT2D eigenvalue weighted by atomic mass is 16.5. The van der Waals surface area contributed by atoms with E-state index in [1.54, 1.807) is 19.3 Å². The summed E-state index contributed by atoms with van der Waals surface area (Å²) in [6, 6.07) is 0. The van der Waals surface area contributed by atoms with E-state index >= 15 is 0 Å². The lowest BCUT2D eigenvalue weighted by Gasteiger charge is -2.11. The molecule has 0 unspecified atom stereocenters. The molecule has 0 saturated carbocycles. The number of hydrogen-bond donors (Lipinski definition) is 2. The molecule has 0 aromatic heterocycles. The van der Waals surface area contributed by atoms with Crippen molar-refractivity contribution in [1.82, 2.24) is 5.32 Å². The number of ether oxygens (including phenoxy) is 2. The summed E-state index contributed by atoms with van der Waals surface area (Å²) in [6.07, 6.45) is 4.46. The molecule has 15 heavy (non-hydrogen) atoms. The van der Waals surface area contributed by atoms with Crippen molar-refractivity contribution in [2.24, 2.45) is 5.73 Å². The second kappa shape index (κ2) is 7.79. The fraction of sp³-hybridized carbons (Fsp3) is 0.455. The van der Waals surface area contributed by atoms with E-state index in [4.69, 9.17) is 15.2 Å². The van der Waals surface area contributed by atoms with Crippen LogP contribution in [0.15, 0.2) is 36.1 Å². The lowest BCUT2D eigenvalue weighted by atomic mass is 10.3. The summed E-state index contributed by atoms with van der Waals surface area (Å²) in [4.78, 5) is 0. The van der Waals surface area contributed by atoms with Gasteiger partial charge in [-0.2, -0.15) is 0 Å². The molecule has 0 bridgehead atoms. The molecule has 0 aromatic rings. The maximum absolute atomic E-state index is 5.49. The first-order chi connectivity index (χ1) is 7.15. The number of rotatable bonds is 7. The van der Waals surface area contributed by atoms with Crippen molar-refractivity contribution in [3.63, 3.8) is 0 Å². The molecule has 4 nitrogen and oxygen atoms in total. The maximum atomic E-state index is 5.49. The summed E-state index contributed by atoms with van der Waals surface area (Å²) in [5.41, 5.74) is 6.29. The van der Waals surface area contributed by atoms with Gasteiger partial charge in [-0.05, 0) is 18.6 Å². The summed E-state index contributed by atoms with van der Waals surface area (Å²) in [6.45, 7) is 6.71. The molecule has 0 atom stereocenters. The molecule has 0 aliphatic rings. The van der Waals surface area contributed by atoms with Gasteiger partial charge in [-0.1, -0.05) is 13.5 Å². The van der Waals surface area contributed by atoms with Gasteiger partial charge in [-0.3, -0.25) is 0 Å². The summed E-state index contributed by atoms with van der Waals surface area (Å²) >= 11 is 0. The highest BCUT2D eigenvalue weighted by Gasteiger charge is 2.00. The number of hydrogen-bond acceptors (Lipinski definition) is 4. The van der Waals surface area contributed by atoms with Gasteiger partial charge >= 0.3 is 0 Å². The van der Waals surface area contributed by atoms with Gasteiger partial charge in [-0.15, -0.1) is 0 Å². The predicted octanol–water partition coefficient (Wildman–Crippen LogP) is 1.48. The van der Waals surface area contributed by atoms with E-state index in [9.17, 15) is 0 Å². The van der Waals surface area contributed by atoms with Crippen molar-refractivity contribution >= 4 is 0 Å². The zero-order chi connectivity index (χ0) is 11.7. The van der Waals surface area contributed by atoms with Crippen molar-refractivity contribution in [3.05, 3.63) is 36.1 Å². The number of nitrogens with two attached hydrogens (primary N) is 1. The molecular weight excluding hydrogens is 192 g/mol. The van der Waals surface area contributed by atoms with Crippen LogP contribution < -0.4 is 11.1 Å². The molecule has 0 heterocycles. The van der Waals surface area contributed by atoms with Gasteiger partial charge in [0, 0.05) is 6.54 Å². The molecule has 0 amide bonds. The average molecular weight is 212 g/mol. The Hall–Kier alpha value is -1.58. The lowest BCUT2D eigenvalue weighted by molar-refractivity contribution is 0.287. The molecule has 86 valence electrons. The Morgan fingerprint density at radius 2 is 2.00 bits per heavy atom. The Labute approximate surface area is 91.4 Å². The minimum atomic E-state index is 0.342. The van der Waals surface area contributed by atoms with Crippen molar-refractivity contribution in [3.8, 4) is 0 Å². The summed E-state index contributed by atoms with van der Waals surface area (Å²) in [5.74, 6) is 0.915. The van der Waals surface area contributed by atoms with E-state index in [0.29, 0.717) is 11.6 Å². The molecule has 0 aromatic carbocycles. The topological polar surface area (TPSA) is 56.5 Å². The van der Waals surface area contributed by atoms with Crippen LogP contribution in [-0.4, -0.2) is 20.8 Å². The van der Waals surface area contributed by atoms with Crippen molar-refractivity contribution in [2.45, 2.75) is 13.3 Å². The van der Waals surface area contributed by atoms with Crippen LogP contribution in [-0.2, 0) is 9.47 Å². The van der Waals surface area contributed by atoms with Crippen molar-refractivity contribution in [2.75, 3.05) is 20.8 Å². The maximum Gasteiger partial charge on any atom is 0.183 e. The van der Waals surface area contributed by atoms with Gasteiger partial charge in [0.05, 0.1) is 19.9 Å². The Morgan fingerprint density at radius 1 is 1.33 bits per heavy atom. The first-order valence-corrected chi connectivity index (χ1v) is 4.84. The fourth-order valence-corrected chi connectivity index (χ4v) is 0.854. The second-order valence-electron chi connectivity index (χ2n) is 2.91. The largest absolute Gasteiger partial charge is 0.495 e. The quantitative estimate of drug-likeness (QED) is 0.496. The van der Waals surface area contributed by atoms with E-state index < -0.39 is 0 Å². The monoisotopic (exact) mass is 212 g/mol. The van der Waals surface area contributed by atoms with Crippen LogP contribution in [0.25, 0.3) is 0 Å². The summed E-state index contributed by atoms with van der Waals surface area (Å²) in [5, 5.41) is 3.18. The van der Waals surface area contributed by atoms with E-state index in [1.165, 1.54) is 7.11 Å². The normalized spacial score (nSPS) is 12.2. The SMILES string of the molecule is C=C(OC)/C(=C\C=C(/N)OC)NCCC. The third kappa shape index (κ3) is 5.67. The van der Waals surface area contributed by atoms with E-state index in [0.717, 1.165) is 18.7 Å². The van der Waals surface area contributed by atoms with Crippen LogP contribution in [0.4, 0.5) is 0 Å². The van der Waals surface area contributed by atoms with Gasteiger partial charge in [0.15, 0.2) is 5.88 Å². The molecule has 0 rings (SSSR count). The van der Waals surface area contributed by atoms with Crippen LogP contribution in [0.3, 0.4) is 0 Å². The van der Waals surface area contributed by atoms with Crippen LogP contribution in [0.5, 0.6) is 0 Å². The standard InChI is InChI=1S/C11H20N2O2/c1-5-8-13-10(9(2)14-3)6-7-11(12)15-4/h6-7,13H,2,5,8,12H2,1,3-4H3/b10-6+,11-7+. The van der Waals surface area contributed by atoms with Crippen molar-refractivity contribution in [1.29, 1.82) is 0 Å². The lowest BCUT2D eigenvalue weighted by Crippen LogP contribution is -2.16. The predicted molar refractivity (Wildman–Crippen MR) is 61.8 cm³/mol. The third-order valence-electron chi connectivity index (χ3n) is 1.76. The van der Waals surface area contributed by atoms with Crippen LogP contribution in [0, 0.1) is 0 Å². The molecule has 0 aliphatic carbocycles. The van der Waals surface area contributed by atoms with E-state index in [2.05, 4.69) is 18.8 Å². The number of allylic oxidation sites excluding steroid dienone is 2. The Bertz CT molecular complexity index is 257. The minimum Gasteiger partial charge on any atom is -0.495 e. The highest BCUT2D eigenvalue weighted by molar-refractivity contribution is 5.26. The first kappa shape index (κ1) is 13.4. The van der Waals surface area contributed by atoms with Crippen LogP contribution >= 0.6 is 0 Å². The van der Waals surface area contributed by atoms with E-state index in [1.807, 2.05) is 0 Å². The fourth-order valence-electron chi connectivity index (χ4n) is 0.854. The minimum absolute atomic E-state index is 0.342. The molecule has 0 saturated heterocycles. The van der Waals surface area contributed by atoms with Gasteiger partial charge in [-0.25, -0.2) is 0 Å². The highest BCUT2D eigenvalue weighted by Crippen LogP contribution is 2.05. The van der Waals surface area contributed by atoms with Crippen LogP contribution in [0.2, 0.25) is 0 Å². The summed E-state index contributed by atoms with van der Waals surface area (Å²) < 4.78 is 9.85. The van der Waals surface area contributed by atoms with Crippen molar-refractivity contribution < 1.29 is 9.47 Å². The zero-order valence-corrected chi connectivity index (χ0v) is 9.67. The molecular formula is C11H20N2O2. The van der Waals surface area contributed by atoms with Gasteiger partial charge in [0.1, 0.15) is 5.76 Å². The molecule has 3 N–H and O–H groups in total. The molecule has 0 spiro atoms. The molecule has 0 radical (unpaired) electrons. The molecule has 0 fully saturated rings. The zero-order valence-electron chi connectivity index (χ0n) is 9.67. The smallest absolute Gasteiger partial charge is 0.183 e. The van der Waals surface area contributed by atoms with E-state index in [-0.39, 0.29) is 0 Å². The summed E-state index contributed by atoms with van der Waals surface area (Å²) in [7, 11) is 3.09. The van der Waals surface area contributed by atoms with Gasteiger partial charge in [0.2, 0.25) is 0 Å². The number of methoxy groups -OCH3 is 2.